The van der Waals surface area contributed by atoms with Gasteiger partial charge in [0, 0.05) is 17.6 Å². The zero-order valence-electron chi connectivity index (χ0n) is 13.3. The fraction of sp³-hybridized carbons (Fsp3) is 0.263. The molecule has 1 aliphatic heterocycles. The van der Waals surface area contributed by atoms with Crippen LogP contribution < -0.4 is 4.90 Å². The molecule has 4 nitrogen and oxygen atoms in total. The number of halogens is 1. The molecule has 0 bridgehead atoms. The van der Waals surface area contributed by atoms with Crippen LogP contribution in [0.5, 0.6) is 0 Å². The molecule has 0 atom stereocenters. The Hall–Kier alpha value is -2.14. The molecule has 1 heterocycles. The van der Waals surface area contributed by atoms with Crippen molar-refractivity contribution in [1.82, 2.24) is 4.90 Å². The Bertz CT molecular complexity index is 727. The summed E-state index contributed by atoms with van der Waals surface area (Å²) in [4.78, 5) is 29.2. The smallest absolute Gasteiger partial charge is 0.324 e. The summed E-state index contributed by atoms with van der Waals surface area (Å²) < 4.78 is 0.683. The van der Waals surface area contributed by atoms with Crippen molar-refractivity contribution >= 4 is 33.6 Å². The molecular formula is C19H19BrN2O2. The van der Waals surface area contributed by atoms with E-state index < -0.39 is 0 Å². The van der Waals surface area contributed by atoms with Crippen molar-refractivity contribution in [3.05, 3.63) is 64.6 Å². The molecule has 5 heteroatoms. The number of carbonyl (C=O) groups excluding carboxylic acids is 2. The predicted molar refractivity (Wildman–Crippen MR) is 98.2 cm³/mol. The Balaban J connectivity index is 1.97. The standard InChI is InChI=1S/C19H19BrN2O2/c20-17-12-6-5-11-16(17)18(23)22(15-9-3-1-4-10-15)19(24)21-13-7-2-8-14-21/h1,3-6,9-12H,2,7-8,13-14H2. The highest BCUT2D eigenvalue weighted by Crippen LogP contribution is 2.24. The van der Waals surface area contributed by atoms with Crippen molar-refractivity contribution in [2.24, 2.45) is 0 Å². The van der Waals surface area contributed by atoms with E-state index in [2.05, 4.69) is 15.9 Å². The van der Waals surface area contributed by atoms with E-state index in [0.717, 1.165) is 19.3 Å². The molecule has 0 N–H and O–H groups in total. The number of benzene rings is 2. The zero-order chi connectivity index (χ0) is 16.9. The van der Waals surface area contributed by atoms with Crippen LogP contribution in [0.3, 0.4) is 0 Å². The number of amides is 3. The number of hydrogen-bond donors (Lipinski definition) is 0. The van der Waals surface area contributed by atoms with Gasteiger partial charge in [-0.05, 0) is 59.5 Å². The normalized spacial score (nSPS) is 14.3. The molecule has 1 aliphatic rings. The molecule has 1 fully saturated rings. The third-order valence-electron chi connectivity index (χ3n) is 4.14. The number of anilines is 1. The third kappa shape index (κ3) is 3.51. The van der Waals surface area contributed by atoms with Crippen LogP contribution in [0.25, 0.3) is 0 Å². The fourth-order valence-electron chi connectivity index (χ4n) is 2.87. The molecule has 0 aromatic heterocycles. The van der Waals surface area contributed by atoms with Gasteiger partial charge in [0.25, 0.3) is 5.91 Å². The first kappa shape index (κ1) is 16.7. The summed E-state index contributed by atoms with van der Waals surface area (Å²) in [5, 5.41) is 0. The highest BCUT2D eigenvalue weighted by Gasteiger charge is 2.30. The van der Waals surface area contributed by atoms with E-state index in [4.69, 9.17) is 0 Å². The maximum atomic E-state index is 13.1. The number of hydrogen-bond acceptors (Lipinski definition) is 2. The van der Waals surface area contributed by atoms with Crippen LogP contribution >= 0.6 is 15.9 Å². The molecule has 0 spiro atoms. The molecule has 2 aromatic rings. The second kappa shape index (κ2) is 7.62. The zero-order valence-corrected chi connectivity index (χ0v) is 14.9. The lowest BCUT2D eigenvalue weighted by Crippen LogP contribution is -2.48. The Morgan fingerprint density at radius 1 is 0.875 bits per heavy atom. The average molecular weight is 387 g/mol. The van der Waals surface area contributed by atoms with Crippen LogP contribution in [0.4, 0.5) is 10.5 Å². The SMILES string of the molecule is O=C(c1ccccc1Br)N(C(=O)N1CCCCC1)c1ccccc1. The lowest BCUT2D eigenvalue weighted by molar-refractivity contribution is 0.0983. The minimum atomic E-state index is -0.316. The van der Waals surface area contributed by atoms with Gasteiger partial charge in [-0.25, -0.2) is 9.69 Å². The molecule has 24 heavy (non-hydrogen) atoms. The summed E-state index contributed by atoms with van der Waals surface area (Å²) in [5.74, 6) is -0.316. The number of piperidine rings is 1. The van der Waals surface area contributed by atoms with Gasteiger partial charge in [-0.2, -0.15) is 0 Å². The number of carbonyl (C=O) groups is 2. The molecule has 0 unspecified atom stereocenters. The molecule has 0 aliphatic carbocycles. The largest absolute Gasteiger partial charge is 0.331 e. The molecule has 124 valence electrons. The summed E-state index contributed by atoms with van der Waals surface area (Å²) in [7, 11) is 0. The Morgan fingerprint density at radius 3 is 2.17 bits per heavy atom. The van der Waals surface area contributed by atoms with Gasteiger partial charge in [-0.3, -0.25) is 4.79 Å². The van der Waals surface area contributed by atoms with Crippen LogP contribution in [-0.4, -0.2) is 29.9 Å². The Morgan fingerprint density at radius 2 is 1.50 bits per heavy atom. The van der Waals surface area contributed by atoms with Gasteiger partial charge in [-0.1, -0.05) is 30.3 Å². The van der Waals surface area contributed by atoms with E-state index in [1.54, 1.807) is 29.2 Å². The lowest BCUT2D eigenvalue weighted by atomic mass is 10.1. The number of nitrogens with zero attached hydrogens (tertiary/aromatic N) is 2. The van der Waals surface area contributed by atoms with Crippen molar-refractivity contribution in [2.45, 2.75) is 19.3 Å². The molecule has 1 saturated heterocycles. The summed E-state index contributed by atoms with van der Waals surface area (Å²) in [6.45, 7) is 1.40. The van der Waals surface area contributed by atoms with Gasteiger partial charge in [0.2, 0.25) is 0 Å². The van der Waals surface area contributed by atoms with Crippen LogP contribution in [-0.2, 0) is 0 Å². The topological polar surface area (TPSA) is 40.6 Å². The van der Waals surface area contributed by atoms with E-state index in [1.165, 1.54) is 4.90 Å². The second-order valence-corrected chi connectivity index (χ2v) is 6.64. The summed E-state index contributed by atoms with van der Waals surface area (Å²) in [5.41, 5.74) is 1.07. The molecule has 3 rings (SSSR count). The maximum absolute atomic E-state index is 13.1. The first-order valence-electron chi connectivity index (χ1n) is 8.11. The summed E-state index contributed by atoms with van der Waals surface area (Å²) >= 11 is 3.41. The van der Waals surface area contributed by atoms with Crippen molar-refractivity contribution in [3.63, 3.8) is 0 Å². The van der Waals surface area contributed by atoms with Crippen LogP contribution in [0.15, 0.2) is 59.1 Å². The lowest BCUT2D eigenvalue weighted by Gasteiger charge is -2.32. The van der Waals surface area contributed by atoms with Crippen LogP contribution in [0.2, 0.25) is 0 Å². The molecule has 3 amide bonds. The van der Waals surface area contributed by atoms with E-state index in [1.807, 2.05) is 30.3 Å². The predicted octanol–water partition coefficient (Wildman–Crippen LogP) is 4.70. The molecule has 0 radical (unpaired) electrons. The number of likely N-dealkylation sites (tertiary alicyclic amines) is 1. The van der Waals surface area contributed by atoms with Crippen LogP contribution in [0, 0.1) is 0 Å². The third-order valence-corrected chi connectivity index (χ3v) is 4.83. The van der Waals surface area contributed by atoms with Gasteiger partial charge in [0.05, 0.1) is 11.3 Å². The summed E-state index contributed by atoms with van der Waals surface area (Å²) in [6, 6.07) is 16.0. The molecule has 0 saturated carbocycles. The molecule has 2 aromatic carbocycles. The second-order valence-electron chi connectivity index (χ2n) is 5.79. The van der Waals surface area contributed by atoms with E-state index in [9.17, 15) is 9.59 Å². The van der Waals surface area contributed by atoms with Crippen LogP contribution in [0.1, 0.15) is 29.6 Å². The monoisotopic (exact) mass is 386 g/mol. The molecular weight excluding hydrogens is 368 g/mol. The first-order valence-corrected chi connectivity index (χ1v) is 8.91. The van der Waals surface area contributed by atoms with E-state index >= 15 is 0 Å². The van der Waals surface area contributed by atoms with Gasteiger partial charge < -0.3 is 4.90 Å². The number of rotatable bonds is 2. The van der Waals surface area contributed by atoms with Gasteiger partial charge in [-0.15, -0.1) is 0 Å². The minimum absolute atomic E-state index is 0.248. The highest BCUT2D eigenvalue weighted by atomic mass is 79.9. The van der Waals surface area contributed by atoms with Crippen molar-refractivity contribution in [2.75, 3.05) is 18.0 Å². The quantitative estimate of drug-likeness (QED) is 0.750. The highest BCUT2D eigenvalue weighted by molar-refractivity contribution is 9.10. The number of para-hydroxylation sites is 1. The van der Waals surface area contributed by atoms with Crippen molar-refractivity contribution in [1.29, 1.82) is 0 Å². The van der Waals surface area contributed by atoms with Crippen molar-refractivity contribution in [3.8, 4) is 0 Å². The van der Waals surface area contributed by atoms with Crippen molar-refractivity contribution < 1.29 is 9.59 Å². The minimum Gasteiger partial charge on any atom is -0.324 e. The Labute approximate surface area is 150 Å². The Kier molecular flexibility index (Phi) is 5.30. The van der Waals surface area contributed by atoms with E-state index in [-0.39, 0.29) is 11.9 Å². The van der Waals surface area contributed by atoms with E-state index in [0.29, 0.717) is 28.8 Å². The average Bonchev–Trinajstić information content (AvgIpc) is 2.64. The van der Waals surface area contributed by atoms with Gasteiger partial charge in [0.15, 0.2) is 0 Å². The summed E-state index contributed by atoms with van der Waals surface area (Å²) in [6.07, 6.45) is 3.10. The van der Waals surface area contributed by atoms with Gasteiger partial charge in [0.1, 0.15) is 0 Å². The van der Waals surface area contributed by atoms with Gasteiger partial charge >= 0.3 is 6.03 Å². The maximum Gasteiger partial charge on any atom is 0.331 e. The fourth-order valence-corrected chi connectivity index (χ4v) is 3.33. The first-order chi connectivity index (χ1) is 11.7. The number of imide groups is 1. The number of urea groups is 1.